The number of hydrogen-bond acceptors (Lipinski definition) is 2. The maximum Gasteiger partial charge on any atom is 0.251 e. The Kier molecular flexibility index (Phi) is 3.87. The number of nitrogens with one attached hydrogen (secondary N) is 2. The lowest BCUT2D eigenvalue weighted by molar-refractivity contribution is 0.0931. The molecule has 4 rings (SSSR count). The number of hydrogen-bond donors (Lipinski definition) is 2. The maximum absolute atomic E-state index is 12.4. The Balaban J connectivity index is 0.00000132. The van der Waals surface area contributed by atoms with Crippen molar-refractivity contribution >= 4 is 29.1 Å². The number of halogens is 1. The van der Waals surface area contributed by atoms with Crippen LogP contribution in [-0.4, -0.2) is 24.0 Å². The first-order chi connectivity index (χ1) is 9.79. The summed E-state index contributed by atoms with van der Waals surface area (Å²) in [6.45, 7) is 0. The van der Waals surface area contributed by atoms with Crippen molar-refractivity contribution in [1.82, 2.24) is 10.6 Å². The van der Waals surface area contributed by atoms with Crippen molar-refractivity contribution in [3.05, 3.63) is 48.0 Å². The van der Waals surface area contributed by atoms with Gasteiger partial charge in [-0.2, -0.15) is 0 Å². The Hall–Kier alpha value is -1.58. The summed E-state index contributed by atoms with van der Waals surface area (Å²) in [5, 5.41) is 9.03. The third kappa shape index (κ3) is 2.63. The number of benzene rings is 2. The van der Waals surface area contributed by atoms with Gasteiger partial charge in [0.15, 0.2) is 0 Å². The highest BCUT2D eigenvalue weighted by Gasteiger charge is 2.39. The molecule has 0 radical (unpaired) electrons. The normalized spacial score (nSPS) is 26.6. The molecule has 2 aromatic rings. The topological polar surface area (TPSA) is 41.1 Å². The Morgan fingerprint density at radius 1 is 1.10 bits per heavy atom. The number of carbonyl (C=O) groups excluding carboxylic acids is 1. The molecule has 0 saturated carbocycles. The molecule has 0 aliphatic carbocycles. The molecular weight excluding hydrogens is 284 g/mol. The molecule has 2 saturated heterocycles. The average Bonchev–Trinajstić information content (AvgIpc) is 3.09. The molecule has 2 aromatic carbocycles. The average molecular weight is 303 g/mol. The van der Waals surface area contributed by atoms with Gasteiger partial charge in [-0.3, -0.25) is 4.79 Å². The van der Waals surface area contributed by atoms with E-state index in [4.69, 9.17) is 0 Å². The predicted molar refractivity (Wildman–Crippen MR) is 87.0 cm³/mol. The molecule has 1 amide bonds. The number of rotatable bonds is 2. The van der Waals surface area contributed by atoms with E-state index in [-0.39, 0.29) is 18.3 Å². The number of fused-ring (bicyclic) bond motifs is 3. The second-order valence-electron chi connectivity index (χ2n) is 5.93. The zero-order valence-electron chi connectivity index (χ0n) is 11.7. The Bertz CT molecular complexity index is 673. The predicted octanol–water partition coefficient (Wildman–Crippen LogP) is 2.88. The SMILES string of the molecule is Cl.O=C(N[C@@H]1C[C@H]2CC[C@@H]1N2)c1ccc2ccccc2c1. The van der Waals surface area contributed by atoms with Crippen LogP contribution < -0.4 is 10.6 Å². The monoisotopic (exact) mass is 302 g/mol. The molecule has 0 spiro atoms. The van der Waals surface area contributed by atoms with Crippen LogP contribution >= 0.6 is 12.4 Å². The van der Waals surface area contributed by atoms with Crippen LogP contribution in [0.25, 0.3) is 10.8 Å². The lowest BCUT2D eigenvalue weighted by Gasteiger charge is -2.21. The van der Waals surface area contributed by atoms with Gasteiger partial charge in [0, 0.05) is 23.7 Å². The first-order valence-electron chi connectivity index (χ1n) is 7.35. The van der Waals surface area contributed by atoms with Crippen LogP contribution in [0.4, 0.5) is 0 Å². The van der Waals surface area contributed by atoms with Gasteiger partial charge in [-0.25, -0.2) is 0 Å². The third-order valence-electron chi connectivity index (χ3n) is 4.63. The smallest absolute Gasteiger partial charge is 0.251 e. The molecule has 2 heterocycles. The van der Waals surface area contributed by atoms with Crippen LogP contribution in [0.1, 0.15) is 29.6 Å². The van der Waals surface area contributed by atoms with Gasteiger partial charge in [0.1, 0.15) is 0 Å². The lowest BCUT2D eigenvalue weighted by Crippen LogP contribution is -2.42. The van der Waals surface area contributed by atoms with Gasteiger partial charge in [0.05, 0.1) is 0 Å². The molecule has 3 nitrogen and oxygen atoms in total. The quantitative estimate of drug-likeness (QED) is 0.895. The minimum atomic E-state index is 0. The van der Waals surface area contributed by atoms with Crippen molar-refractivity contribution in [2.75, 3.05) is 0 Å². The molecule has 2 bridgehead atoms. The highest BCUT2D eigenvalue weighted by Crippen LogP contribution is 2.28. The second kappa shape index (κ2) is 5.66. The van der Waals surface area contributed by atoms with Crippen molar-refractivity contribution in [3.63, 3.8) is 0 Å². The summed E-state index contributed by atoms with van der Waals surface area (Å²) < 4.78 is 0. The number of amides is 1. The van der Waals surface area contributed by atoms with E-state index in [1.54, 1.807) is 0 Å². The standard InChI is InChI=1S/C17H18N2O.ClH/c20-17(19-16-10-14-7-8-15(16)18-14)13-6-5-11-3-1-2-4-12(11)9-13;/h1-6,9,14-16,18H,7-8,10H2,(H,19,20);1H/t14-,15+,16-;/m1./s1. The van der Waals surface area contributed by atoms with E-state index in [0.29, 0.717) is 18.1 Å². The summed E-state index contributed by atoms with van der Waals surface area (Å²) in [5.41, 5.74) is 0.756. The molecule has 2 aliphatic rings. The minimum absolute atomic E-state index is 0. The molecule has 0 aromatic heterocycles. The van der Waals surface area contributed by atoms with Crippen molar-refractivity contribution in [1.29, 1.82) is 0 Å². The Morgan fingerprint density at radius 2 is 1.90 bits per heavy atom. The summed E-state index contributed by atoms with van der Waals surface area (Å²) >= 11 is 0. The van der Waals surface area contributed by atoms with Gasteiger partial charge < -0.3 is 10.6 Å². The Morgan fingerprint density at radius 3 is 2.62 bits per heavy atom. The zero-order chi connectivity index (χ0) is 13.5. The molecule has 2 aliphatic heterocycles. The highest BCUT2D eigenvalue weighted by atomic mass is 35.5. The first-order valence-corrected chi connectivity index (χ1v) is 7.35. The summed E-state index contributed by atoms with van der Waals surface area (Å²) in [6.07, 6.45) is 3.52. The van der Waals surface area contributed by atoms with Gasteiger partial charge in [0.2, 0.25) is 0 Å². The van der Waals surface area contributed by atoms with E-state index in [9.17, 15) is 4.79 Å². The summed E-state index contributed by atoms with van der Waals surface area (Å²) in [4.78, 5) is 12.4. The zero-order valence-corrected chi connectivity index (χ0v) is 12.5. The summed E-state index contributed by atoms with van der Waals surface area (Å²) in [5.74, 6) is 0.0510. The lowest BCUT2D eigenvalue weighted by atomic mass is 9.95. The van der Waals surface area contributed by atoms with Crippen LogP contribution in [0, 0.1) is 0 Å². The van der Waals surface area contributed by atoms with E-state index in [0.717, 1.165) is 17.4 Å². The fourth-order valence-corrected chi connectivity index (χ4v) is 3.57. The number of carbonyl (C=O) groups is 1. The minimum Gasteiger partial charge on any atom is -0.348 e. The van der Waals surface area contributed by atoms with Gasteiger partial charge in [-0.05, 0) is 42.2 Å². The van der Waals surface area contributed by atoms with Crippen molar-refractivity contribution in [3.8, 4) is 0 Å². The first kappa shape index (κ1) is 14.4. The molecule has 2 N–H and O–H groups in total. The Labute approximate surface area is 130 Å². The third-order valence-corrected chi connectivity index (χ3v) is 4.63. The van der Waals surface area contributed by atoms with E-state index in [2.05, 4.69) is 16.7 Å². The van der Waals surface area contributed by atoms with E-state index >= 15 is 0 Å². The largest absolute Gasteiger partial charge is 0.348 e. The fourth-order valence-electron chi connectivity index (χ4n) is 3.57. The molecule has 110 valence electrons. The van der Waals surface area contributed by atoms with E-state index in [1.807, 2.05) is 36.4 Å². The molecule has 21 heavy (non-hydrogen) atoms. The fraction of sp³-hybridized carbons (Fsp3) is 0.353. The van der Waals surface area contributed by atoms with Gasteiger partial charge in [-0.15, -0.1) is 12.4 Å². The highest BCUT2D eigenvalue weighted by molar-refractivity contribution is 5.98. The van der Waals surface area contributed by atoms with Crippen molar-refractivity contribution in [2.24, 2.45) is 0 Å². The second-order valence-corrected chi connectivity index (χ2v) is 5.93. The van der Waals surface area contributed by atoms with Gasteiger partial charge >= 0.3 is 0 Å². The summed E-state index contributed by atoms with van der Waals surface area (Å²) in [7, 11) is 0. The molecular formula is C17H19ClN2O. The van der Waals surface area contributed by atoms with E-state index in [1.165, 1.54) is 18.2 Å². The molecule has 4 heteroatoms. The molecule has 3 atom stereocenters. The van der Waals surface area contributed by atoms with Crippen molar-refractivity contribution < 1.29 is 4.79 Å². The van der Waals surface area contributed by atoms with Gasteiger partial charge in [-0.1, -0.05) is 30.3 Å². The van der Waals surface area contributed by atoms with Crippen LogP contribution in [0.2, 0.25) is 0 Å². The summed E-state index contributed by atoms with van der Waals surface area (Å²) in [6, 6.07) is 15.4. The van der Waals surface area contributed by atoms with Crippen molar-refractivity contribution in [2.45, 2.75) is 37.4 Å². The molecule has 2 fully saturated rings. The van der Waals surface area contributed by atoms with E-state index < -0.39 is 0 Å². The van der Waals surface area contributed by atoms with Gasteiger partial charge in [0.25, 0.3) is 5.91 Å². The van der Waals surface area contributed by atoms with Crippen LogP contribution in [-0.2, 0) is 0 Å². The van der Waals surface area contributed by atoms with Crippen LogP contribution in [0.15, 0.2) is 42.5 Å². The molecule has 0 unspecified atom stereocenters. The van der Waals surface area contributed by atoms with Crippen LogP contribution in [0.5, 0.6) is 0 Å². The maximum atomic E-state index is 12.4. The van der Waals surface area contributed by atoms with Crippen LogP contribution in [0.3, 0.4) is 0 Å².